The van der Waals surface area contributed by atoms with Gasteiger partial charge in [0.15, 0.2) is 11.5 Å². The molecule has 3 rings (SSSR count). The number of hydrogen-bond donors (Lipinski definition) is 1. The van der Waals surface area contributed by atoms with Crippen molar-refractivity contribution in [1.82, 2.24) is 9.80 Å². The van der Waals surface area contributed by atoms with Gasteiger partial charge in [0.05, 0.1) is 13.2 Å². The second-order valence-electron chi connectivity index (χ2n) is 7.97. The van der Waals surface area contributed by atoms with Gasteiger partial charge in [0.25, 0.3) is 5.91 Å². The largest absolute Gasteiger partial charge is 0.493 e. The summed E-state index contributed by atoms with van der Waals surface area (Å²) in [5.41, 5.74) is 1.51. The number of carboxylic acid groups (broad SMARTS) is 1. The molecular formula is C24H30N2O5. The van der Waals surface area contributed by atoms with Crippen molar-refractivity contribution in [3.8, 4) is 11.5 Å². The molecule has 7 nitrogen and oxygen atoms in total. The minimum Gasteiger partial charge on any atom is -0.493 e. The molecule has 2 aromatic carbocycles. The molecule has 31 heavy (non-hydrogen) atoms. The highest BCUT2D eigenvalue weighted by Crippen LogP contribution is 2.30. The summed E-state index contributed by atoms with van der Waals surface area (Å²) in [5.74, 6) is 0.912. The summed E-state index contributed by atoms with van der Waals surface area (Å²) in [4.78, 5) is 28.1. The average Bonchev–Trinajstić information content (AvgIpc) is 2.78. The molecule has 2 aromatic rings. The Morgan fingerprint density at radius 3 is 2.55 bits per heavy atom. The molecule has 2 amide bonds. The van der Waals surface area contributed by atoms with Gasteiger partial charge in [-0.1, -0.05) is 30.3 Å². The van der Waals surface area contributed by atoms with Crippen molar-refractivity contribution in [2.24, 2.45) is 0 Å². The van der Waals surface area contributed by atoms with Gasteiger partial charge in [-0.3, -0.25) is 4.79 Å². The van der Waals surface area contributed by atoms with Gasteiger partial charge in [0, 0.05) is 24.7 Å². The molecule has 7 heteroatoms. The van der Waals surface area contributed by atoms with Crippen LogP contribution in [0.4, 0.5) is 4.79 Å². The Kier molecular flexibility index (Phi) is 7.39. The molecule has 0 aromatic heterocycles. The van der Waals surface area contributed by atoms with Crippen LogP contribution in [-0.2, 0) is 6.61 Å². The lowest BCUT2D eigenvalue weighted by Gasteiger charge is -2.40. The predicted octanol–water partition coefficient (Wildman–Crippen LogP) is 4.27. The first-order chi connectivity index (χ1) is 14.9. The Labute approximate surface area is 183 Å². The van der Waals surface area contributed by atoms with Crippen molar-refractivity contribution in [2.75, 3.05) is 20.2 Å². The number of benzene rings is 2. The summed E-state index contributed by atoms with van der Waals surface area (Å²) in [6.45, 7) is 5.10. The number of methoxy groups -OCH3 is 1. The Morgan fingerprint density at radius 1 is 1.16 bits per heavy atom. The number of piperidine rings is 1. The number of nitrogens with zero attached hydrogens (tertiary/aromatic N) is 2. The molecule has 1 N–H and O–H groups in total. The molecule has 0 spiro atoms. The van der Waals surface area contributed by atoms with Crippen LogP contribution in [0.3, 0.4) is 0 Å². The molecule has 1 heterocycles. The van der Waals surface area contributed by atoms with Crippen molar-refractivity contribution in [1.29, 1.82) is 0 Å². The first kappa shape index (κ1) is 22.5. The maximum absolute atomic E-state index is 13.5. The Balaban J connectivity index is 1.82. The first-order valence-electron chi connectivity index (χ1n) is 10.6. The van der Waals surface area contributed by atoms with Crippen molar-refractivity contribution < 1.29 is 24.2 Å². The summed E-state index contributed by atoms with van der Waals surface area (Å²) in [7, 11) is 1.56. The van der Waals surface area contributed by atoms with E-state index in [1.807, 2.05) is 44.2 Å². The highest BCUT2D eigenvalue weighted by Gasteiger charge is 2.32. The minimum atomic E-state index is -0.943. The van der Waals surface area contributed by atoms with Crippen molar-refractivity contribution in [3.63, 3.8) is 0 Å². The maximum Gasteiger partial charge on any atom is 0.407 e. The van der Waals surface area contributed by atoms with Gasteiger partial charge in [0.2, 0.25) is 0 Å². The van der Waals surface area contributed by atoms with Crippen LogP contribution < -0.4 is 9.47 Å². The van der Waals surface area contributed by atoms with E-state index in [1.54, 1.807) is 30.2 Å². The molecule has 1 aliphatic heterocycles. The number of rotatable bonds is 7. The zero-order chi connectivity index (χ0) is 22.4. The van der Waals surface area contributed by atoms with Gasteiger partial charge in [-0.2, -0.15) is 0 Å². The third kappa shape index (κ3) is 5.48. The zero-order valence-corrected chi connectivity index (χ0v) is 18.3. The van der Waals surface area contributed by atoms with Crippen LogP contribution in [0.2, 0.25) is 0 Å². The number of amides is 2. The summed E-state index contributed by atoms with van der Waals surface area (Å²) < 4.78 is 11.4. The lowest BCUT2D eigenvalue weighted by Crippen LogP contribution is -2.53. The van der Waals surface area contributed by atoms with E-state index in [0.717, 1.165) is 18.4 Å². The number of hydrogen-bond acceptors (Lipinski definition) is 4. The lowest BCUT2D eigenvalue weighted by atomic mass is 10.0. The molecule has 0 radical (unpaired) electrons. The molecule has 1 aliphatic rings. The first-order valence-corrected chi connectivity index (χ1v) is 10.6. The summed E-state index contributed by atoms with van der Waals surface area (Å²) >= 11 is 0. The number of ether oxygens (including phenoxy) is 2. The quantitative estimate of drug-likeness (QED) is 0.715. The second-order valence-corrected chi connectivity index (χ2v) is 7.97. The second kappa shape index (κ2) is 10.2. The number of likely N-dealkylation sites (tertiary alicyclic amines) is 1. The van der Waals surface area contributed by atoms with Gasteiger partial charge in [-0.15, -0.1) is 0 Å². The zero-order valence-electron chi connectivity index (χ0n) is 18.3. The Hall–Kier alpha value is -3.22. The van der Waals surface area contributed by atoms with E-state index in [2.05, 4.69) is 0 Å². The van der Waals surface area contributed by atoms with E-state index < -0.39 is 6.09 Å². The SMILES string of the molecule is COc1ccc(C(=O)N(C(C)C)[C@@H]2CCCN(C(=O)O)C2)cc1OCc1ccccc1. The fraction of sp³-hybridized carbons (Fsp3) is 0.417. The van der Waals surface area contributed by atoms with E-state index in [1.165, 1.54) is 4.90 Å². The Morgan fingerprint density at radius 2 is 1.90 bits per heavy atom. The summed E-state index contributed by atoms with van der Waals surface area (Å²) in [6.07, 6.45) is 0.574. The fourth-order valence-corrected chi connectivity index (χ4v) is 3.98. The van der Waals surface area contributed by atoms with Gasteiger partial charge in [0.1, 0.15) is 6.61 Å². The highest BCUT2D eigenvalue weighted by molar-refractivity contribution is 5.95. The van der Waals surface area contributed by atoms with E-state index in [0.29, 0.717) is 36.8 Å². The summed E-state index contributed by atoms with van der Waals surface area (Å²) in [6, 6.07) is 14.7. The maximum atomic E-state index is 13.5. The van der Waals surface area contributed by atoms with Gasteiger partial charge in [-0.05, 0) is 50.5 Å². The molecule has 1 saturated heterocycles. The highest BCUT2D eigenvalue weighted by atomic mass is 16.5. The van der Waals surface area contributed by atoms with Crippen LogP contribution in [0.1, 0.15) is 42.6 Å². The van der Waals surface area contributed by atoms with Crippen LogP contribution in [0.5, 0.6) is 11.5 Å². The van der Waals surface area contributed by atoms with E-state index in [9.17, 15) is 14.7 Å². The molecule has 1 fully saturated rings. The van der Waals surface area contributed by atoms with Gasteiger partial charge < -0.3 is 24.4 Å². The van der Waals surface area contributed by atoms with Gasteiger partial charge >= 0.3 is 6.09 Å². The average molecular weight is 427 g/mol. The molecular weight excluding hydrogens is 396 g/mol. The van der Waals surface area contributed by atoms with Crippen molar-refractivity contribution in [3.05, 3.63) is 59.7 Å². The molecule has 1 atom stereocenters. The van der Waals surface area contributed by atoms with Crippen LogP contribution in [0, 0.1) is 0 Å². The third-order valence-electron chi connectivity index (χ3n) is 5.50. The topological polar surface area (TPSA) is 79.3 Å². The molecule has 166 valence electrons. The van der Waals surface area contributed by atoms with Crippen LogP contribution >= 0.6 is 0 Å². The minimum absolute atomic E-state index is 0.0676. The summed E-state index contributed by atoms with van der Waals surface area (Å²) in [5, 5.41) is 9.37. The van der Waals surface area contributed by atoms with E-state index >= 15 is 0 Å². The monoisotopic (exact) mass is 426 g/mol. The van der Waals surface area contributed by atoms with Crippen molar-refractivity contribution in [2.45, 2.75) is 45.4 Å². The number of carbonyl (C=O) groups is 2. The van der Waals surface area contributed by atoms with Crippen LogP contribution in [0.25, 0.3) is 0 Å². The lowest BCUT2D eigenvalue weighted by molar-refractivity contribution is 0.0449. The third-order valence-corrected chi connectivity index (χ3v) is 5.50. The van der Waals surface area contributed by atoms with Crippen LogP contribution in [-0.4, -0.2) is 59.2 Å². The predicted molar refractivity (Wildman–Crippen MR) is 118 cm³/mol. The van der Waals surface area contributed by atoms with Crippen LogP contribution in [0.15, 0.2) is 48.5 Å². The normalized spacial score (nSPS) is 16.1. The van der Waals surface area contributed by atoms with Gasteiger partial charge in [-0.25, -0.2) is 4.79 Å². The molecule has 0 bridgehead atoms. The molecule has 0 saturated carbocycles. The molecule has 0 aliphatic carbocycles. The van der Waals surface area contributed by atoms with Crippen molar-refractivity contribution >= 4 is 12.0 Å². The standard InChI is InChI=1S/C24H30N2O5/c1-17(2)26(20-10-7-13-25(15-20)24(28)29)23(27)19-11-12-21(30-3)22(14-19)31-16-18-8-5-4-6-9-18/h4-6,8-9,11-12,14,17,20H,7,10,13,15-16H2,1-3H3,(H,28,29)/t20-/m1/s1. The smallest absolute Gasteiger partial charge is 0.407 e. The molecule has 0 unspecified atom stereocenters. The fourth-order valence-electron chi connectivity index (χ4n) is 3.98. The van der Waals surface area contributed by atoms with E-state index in [-0.39, 0.29) is 18.0 Å². The number of carbonyl (C=O) groups excluding carboxylic acids is 1. The Bertz CT molecular complexity index is 900. The van der Waals surface area contributed by atoms with E-state index in [4.69, 9.17) is 9.47 Å².